The Hall–Kier alpha value is -2.91. The first-order valence-electron chi connectivity index (χ1n) is 15.3. The number of carbonyl (C=O) groups is 3. The summed E-state index contributed by atoms with van der Waals surface area (Å²) in [6, 6.07) is 8.19. The van der Waals surface area contributed by atoms with Gasteiger partial charge in [-0.2, -0.15) is 0 Å². The average Bonchev–Trinajstić information content (AvgIpc) is 3.37. The fourth-order valence-corrected chi connectivity index (χ4v) is 6.80. The van der Waals surface area contributed by atoms with Gasteiger partial charge in [0.2, 0.25) is 5.91 Å². The second-order valence-corrected chi connectivity index (χ2v) is 13.5. The number of hydrogen-bond donors (Lipinski definition) is 1. The molecule has 3 fully saturated rings. The molecule has 232 valence electrons. The summed E-state index contributed by atoms with van der Waals surface area (Å²) < 4.78 is 17.9. The lowest BCUT2D eigenvalue weighted by Crippen LogP contribution is -2.53. The summed E-state index contributed by atoms with van der Waals surface area (Å²) in [5, 5.41) is 11.9. The number of carbonyl (C=O) groups excluding carboxylic acids is 3. The van der Waals surface area contributed by atoms with Gasteiger partial charge in [-0.3, -0.25) is 9.69 Å². The fourth-order valence-electron chi connectivity index (χ4n) is 6.80. The van der Waals surface area contributed by atoms with Gasteiger partial charge in [-0.05, 0) is 65.9 Å². The van der Waals surface area contributed by atoms with E-state index in [2.05, 4.69) is 6.58 Å². The van der Waals surface area contributed by atoms with Gasteiger partial charge in [-0.15, -0.1) is 6.58 Å². The van der Waals surface area contributed by atoms with Gasteiger partial charge in [0, 0.05) is 0 Å². The summed E-state index contributed by atoms with van der Waals surface area (Å²) in [5.41, 5.74) is -1.02. The number of rotatable bonds is 8. The Bertz CT molecular complexity index is 1120. The highest BCUT2D eigenvalue weighted by atomic mass is 16.6. The Morgan fingerprint density at radius 3 is 2.40 bits per heavy atom. The van der Waals surface area contributed by atoms with Crippen LogP contribution in [0.1, 0.15) is 98.2 Å². The van der Waals surface area contributed by atoms with Crippen LogP contribution in [0.15, 0.2) is 43.0 Å². The number of aliphatic hydroxyl groups is 1. The van der Waals surface area contributed by atoms with Crippen molar-refractivity contribution >= 4 is 18.1 Å². The van der Waals surface area contributed by atoms with E-state index in [-0.39, 0.29) is 6.42 Å². The molecule has 0 aromatic heterocycles. The highest BCUT2D eigenvalue weighted by Crippen LogP contribution is 2.42. The Labute approximate surface area is 250 Å². The maximum atomic E-state index is 14.0. The predicted molar refractivity (Wildman–Crippen MR) is 158 cm³/mol. The van der Waals surface area contributed by atoms with Gasteiger partial charge in [0.05, 0.1) is 24.1 Å². The molecule has 2 saturated heterocycles. The monoisotopic (exact) mass is 584 g/mol. The molecule has 6 atom stereocenters. The lowest BCUT2D eigenvalue weighted by molar-refractivity contribution is -0.146. The summed E-state index contributed by atoms with van der Waals surface area (Å²) in [4.78, 5) is 43.4. The minimum Gasteiger partial charge on any atom is -0.444 e. The van der Waals surface area contributed by atoms with E-state index in [1.165, 1.54) is 6.42 Å². The van der Waals surface area contributed by atoms with Crippen molar-refractivity contribution in [3.05, 3.63) is 48.6 Å². The third-order valence-corrected chi connectivity index (χ3v) is 8.73. The highest BCUT2D eigenvalue weighted by Gasteiger charge is 2.56. The molecule has 0 radical (unpaired) electrons. The number of hydrogen-bond acceptors (Lipinski definition) is 7. The molecule has 1 aliphatic carbocycles. The quantitative estimate of drug-likeness (QED) is 0.355. The van der Waals surface area contributed by atoms with Gasteiger partial charge in [-0.1, -0.05) is 68.5 Å². The molecule has 3 aliphatic rings. The smallest absolute Gasteiger partial charge is 0.417 e. The second-order valence-electron chi connectivity index (χ2n) is 13.5. The van der Waals surface area contributed by atoms with E-state index in [1.807, 2.05) is 51.1 Å². The van der Waals surface area contributed by atoms with E-state index in [0.29, 0.717) is 12.3 Å². The van der Waals surface area contributed by atoms with Gasteiger partial charge < -0.3 is 19.3 Å². The van der Waals surface area contributed by atoms with Gasteiger partial charge in [-0.25, -0.2) is 14.5 Å². The van der Waals surface area contributed by atoms with Crippen molar-refractivity contribution in [2.24, 2.45) is 11.8 Å². The van der Waals surface area contributed by atoms with E-state index < -0.39 is 65.7 Å². The molecule has 2 heterocycles. The van der Waals surface area contributed by atoms with Gasteiger partial charge in [0.15, 0.2) is 0 Å². The molecule has 9 nitrogen and oxygen atoms in total. The Morgan fingerprint density at radius 2 is 1.81 bits per heavy atom. The van der Waals surface area contributed by atoms with E-state index in [9.17, 15) is 19.5 Å². The van der Waals surface area contributed by atoms with Crippen molar-refractivity contribution in [2.75, 3.05) is 0 Å². The fraction of sp³-hybridized carbons (Fsp3) is 0.667. The van der Waals surface area contributed by atoms with E-state index in [4.69, 9.17) is 14.2 Å². The zero-order valence-electron chi connectivity index (χ0n) is 26.0. The largest absolute Gasteiger partial charge is 0.444 e. The van der Waals surface area contributed by atoms with Crippen LogP contribution < -0.4 is 0 Å². The lowest BCUT2D eigenvalue weighted by Gasteiger charge is -2.37. The average molecular weight is 585 g/mol. The third kappa shape index (κ3) is 6.83. The summed E-state index contributed by atoms with van der Waals surface area (Å²) >= 11 is 0. The van der Waals surface area contributed by atoms with Gasteiger partial charge in [0.25, 0.3) is 0 Å². The van der Waals surface area contributed by atoms with Crippen LogP contribution in [0.5, 0.6) is 0 Å². The molecule has 0 unspecified atom stereocenters. The molecule has 1 aromatic carbocycles. The number of ether oxygens (including phenoxy) is 3. The minimum absolute atomic E-state index is 0.120. The molecule has 9 heteroatoms. The summed E-state index contributed by atoms with van der Waals surface area (Å²) in [6.45, 7) is 14.6. The van der Waals surface area contributed by atoms with Crippen molar-refractivity contribution < 1.29 is 33.7 Å². The van der Waals surface area contributed by atoms with Crippen LogP contribution >= 0.6 is 0 Å². The summed E-state index contributed by atoms with van der Waals surface area (Å²) in [6.07, 6.45) is 3.75. The Kier molecular flexibility index (Phi) is 9.72. The Balaban J connectivity index is 1.63. The Morgan fingerprint density at radius 1 is 1.17 bits per heavy atom. The van der Waals surface area contributed by atoms with Crippen LogP contribution in [0.4, 0.5) is 9.59 Å². The summed E-state index contributed by atoms with van der Waals surface area (Å²) in [7, 11) is 0. The third-order valence-electron chi connectivity index (χ3n) is 8.73. The predicted octanol–water partition coefficient (Wildman–Crippen LogP) is 6.36. The number of aliphatic hydroxyl groups excluding tert-OH is 1. The number of imide groups is 1. The molecular formula is C33H48N2O7. The lowest BCUT2D eigenvalue weighted by atomic mass is 9.81. The maximum Gasteiger partial charge on any atom is 0.417 e. The number of cyclic esters (lactones) is 1. The molecule has 42 heavy (non-hydrogen) atoms. The molecule has 3 amide bonds. The van der Waals surface area contributed by atoms with Crippen LogP contribution in [-0.2, 0) is 19.0 Å². The molecule has 0 spiro atoms. The van der Waals surface area contributed by atoms with Crippen LogP contribution in [0.2, 0.25) is 0 Å². The van der Waals surface area contributed by atoms with Crippen molar-refractivity contribution in [1.29, 1.82) is 0 Å². The number of nitrogens with zero attached hydrogens (tertiary/aromatic N) is 2. The summed E-state index contributed by atoms with van der Waals surface area (Å²) in [5.74, 6) is -1.22. The molecule has 1 N–H and O–H groups in total. The zero-order valence-corrected chi connectivity index (χ0v) is 26.0. The van der Waals surface area contributed by atoms with Crippen molar-refractivity contribution in [3.63, 3.8) is 0 Å². The standard InChI is InChI=1S/C33H48N2O7/c1-8-15-24(29(37)34-21(2)27(40-30(34)38)23-18-13-10-14-19-23)26(36)28-25(20-22-16-11-9-12-17-22)35(33(6,7)41-28)31(39)42-32(3,4)5/h8,10,13-14,18-19,21-22,24-28,36H,1,9,11-12,15-17,20H2,2-7H3/t21-,24-,25+,26-,27-,28-/m1/s1. The van der Waals surface area contributed by atoms with Crippen LogP contribution in [0, 0.1) is 11.8 Å². The number of benzene rings is 1. The molecule has 4 rings (SSSR count). The van der Waals surface area contributed by atoms with Crippen LogP contribution in [0.25, 0.3) is 0 Å². The van der Waals surface area contributed by atoms with Gasteiger partial charge in [0.1, 0.15) is 23.5 Å². The number of allylic oxidation sites excluding steroid dienone is 1. The van der Waals surface area contributed by atoms with Crippen molar-refractivity contribution in [2.45, 2.75) is 128 Å². The van der Waals surface area contributed by atoms with Crippen molar-refractivity contribution in [1.82, 2.24) is 9.80 Å². The first kappa shape index (κ1) is 32.0. The molecular weight excluding hydrogens is 536 g/mol. The van der Waals surface area contributed by atoms with E-state index in [1.54, 1.807) is 31.7 Å². The van der Waals surface area contributed by atoms with Crippen LogP contribution in [-0.4, -0.2) is 68.6 Å². The normalized spacial score (nSPS) is 27.8. The first-order valence-corrected chi connectivity index (χ1v) is 15.3. The molecule has 1 aromatic rings. The maximum absolute atomic E-state index is 14.0. The van der Waals surface area contributed by atoms with E-state index in [0.717, 1.165) is 36.1 Å². The van der Waals surface area contributed by atoms with E-state index >= 15 is 0 Å². The second kappa shape index (κ2) is 12.8. The first-order chi connectivity index (χ1) is 19.7. The topological polar surface area (TPSA) is 106 Å². The minimum atomic E-state index is -1.31. The SMILES string of the molecule is C=CC[C@@H](C(=O)N1C(=O)O[C@@H](c2ccccc2)[C@H]1C)[C@@H](O)[C@@H]1OC(C)(C)N(C(=O)OC(C)(C)C)[C@H]1CC1CCCCC1. The zero-order chi connectivity index (χ0) is 30.8. The molecule has 0 bridgehead atoms. The number of amides is 3. The van der Waals surface area contributed by atoms with Crippen molar-refractivity contribution in [3.8, 4) is 0 Å². The molecule has 1 saturated carbocycles. The van der Waals surface area contributed by atoms with Crippen LogP contribution in [0.3, 0.4) is 0 Å². The highest BCUT2D eigenvalue weighted by molar-refractivity contribution is 5.95. The molecule has 2 aliphatic heterocycles. The van der Waals surface area contributed by atoms with Gasteiger partial charge >= 0.3 is 12.2 Å².